The van der Waals surface area contributed by atoms with Crippen molar-refractivity contribution >= 4 is 11.3 Å². The van der Waals surface area contributed by atoms with Crippen molar-refractivity contribution in [3.8, 4) is 0 Å². The molecule has 0 aliphatic rings. The largest absolute Gasteiger partial charge is 0.322 e. The minimum Gasteiger partial charge on any atom is -0.322 e. The molecule has 3 nitrogen and oxygen atoms in total. The molecule has 0 amide bonds. The summed E-state index contributed by atoms with van der Waals surface area (Å²) in [5, 5.41) is 2.08. The summed E-state index contributed by atoms with van der Waals surface area (Å²) in [4.78, 5) is 7.66. The summed E-state index contributed by atoms with van der Waals surface area (Å²) in [6.45, 7) is 3.89. The van der Waals surface area contributed by atoms with Gasteiger partial charge in [-0.1, -0.05) is 13.0 Å². The van der Waals surface area contributed by atoms with Crippen molar-refractivity contribution in [2.24, 2.45) is 11.7 Å². The maximum absolute atomic E-state index is 12.9. The summed E-state index contributed by atoms with van der Waals surface area (Å²) in [5.74, 6) is -0.0821. The molecule has 2 rings (SSSR count). The van der Waals surface area contributed by atoms with E-state index < -0.39 is 0 Å². The molecule has 0 saturated heterocycles. The zero-order chi connectivity index (χ0) is 14.5. The molecular formula is C15H20FN3S. The lowest BCUT2D eigenvalue weighted by Crippen LogP contribution is -2.31. The minimum atomic E-state index is -0.330. The zero-order valence-electron chi connectivity index (χ0n) is 11.8. The van der Waals surface area contributed by atoms with Gasteiger partial charge < -0.3 is 10.6 Å². The number of nitrogens with zero attached hydrogens (tertiary/aromatic N) is 2. The van der Waals surface area contributed by atoms with Gasteiger partial charge in [-0.05, 0) is 36.5 Å². The summed E-state index contributed by atoms with van der Waals surface area (Å²) in [5.41, 5.74) is 6.94. The molecule has 108 valence electrons. The Kier molecular flexibility index (Phi) is 5.23. The first kappa shape index (κ1) is 15.1. The number of nitrogens with two attached hydrogens (primary N) is 1. The van der Waals surface area contributed by atoms with Crippen molar-refractivity contribution in [2.45, 2.75) is 19.5 Å². The highest BCUT2D eigenvalue weighted by Gasteiger charge is 2.18. The minimum absolute atomic E-state index is 0.179. The number of aromatic nitrogens is 1. The van der Waals surface area contributed by atoms with E-state index in [0.29, 0.717) is 0 Å². The van der Waals surface area contributed by atoms with Crippen LogP contribution >= 0.6 is 11.3 Å². The Balaban J connectivity index is 1.90. The lowest BCUT2D eigenvalue weighted by Gasteiger charge is -2.25. The first-order chi connectivity index (χ1) is 9.56. The SMILES string of the molecule is CC(CN(C)Cc1cccs1)C(N)c1ccc(F)cn1. The van der Waals surface area contributed by atoms with Gasteiger partial charge in [-0.15, -0.1) is 11.3 Å². The number of pyridine rings is 1. The molecule has 2 aromatic heterocycles. The van der Waals surface area contributed by atoms with E-state index in [1.807, 2.05) is 0 Å². The van der Waals surface area contributed by atoms with Gasteiger partial charge >= 0.3 is 0 Å². The fourth-order valence-corrected chi connectivity index (χ4v) is 3.00. The van der Waals surface area contributed by atoms with Gasteiger partial charge in [0.15, 0.2) is 0 Å². The summed E-state index contributed by atoms with van der Waals surface area (Å²) in [7, 11) is 2.08. The average molecular weight is 293 g/mol. The van der Waals surface area contributed by atoms with Crippen LogP contribution in [0.15, 0.2) is 35.8 Å². The highest BCUT2D eigenvalue weighted by Crippen LogP contribution is 2.19. The second kappa shape index (κ2) is 6.92. The van der Waals surface area contributed by atoms with E-state index in [9.17, 15) is 4.39 Å². The third-order valence-corrected chi connectivity index (χ3v) is 4.17. The van der Waals surface area contributed by atoms with Gasteiger partial charge in [-0.2, -0.15) is 0 Å². The van der Waals surface area contributed by atoms with Crippen LogP contribution in [-0.2, 0) is 6.54 Å². The van der Waals surface area contributed by atoms with Gasteiger partial charge in [0.05, 0.1) is 17.9 Å². The van der Waals surface area contributed by atoms with Crippen LogP contribution in [0.2, 0.25) is 0 Å². The van der Waals surface area contributed by atoms with Gasteiger partial charge in [-0.25, -0.2) is 4.39 Å². The predicted octanol–water partition coefficient (Wildman–Crippen LogP) is 3.05. The fraction of sp³-hybridized carbons (Fsp3) is 0.400. The van der Waals surface area contributed by atoms with Crippen molar-refractivity contribution < 1.29 is 4.39 Å². The van der Waals surface area contributed by atoms with E-state index in [1.54, 1.807) is 17.4 Å². The van der Waals surface area contributed by atoms with E-state index >= 15 is 0 Å². The maximum Gasteiger partial charge on any atom is 0.141 e. The molecule has 0 spiro atoms. The molecule has 0 bridgehead atoms. The molecule has 2 aromatic rings. The van der Waals surface area contributed by atoms with Gasteiger partial charge in [0.1, 0.15) is 5.82 Å². The quantitative estimate of drug-likeness (QED) is 0.890. The summed E-state index contributed by atoms with van der Waals surface area (Å²) < 4.78 is 12.9. The standard InChI is InChI=1S/C15H20FN3S/c1-11(9-19(2)10-13-4-3-7-20-13)15(17)14-6-5-12(16)8-18-14/h3-8,11,15H,9-10,17H2,1-2H3. The molecule has 0 aliphatic carbocycles. The average Bonchev–Trinajstić information content (AvgIpc) is 2.91. The normalized spacial score (nSPS) is 14.4. The van der Waals surface area contributed by atoms with Crippen LogP contribution in [0.3, 0.4) is 0 Å². The molecule has 0 radical (unpaired) electrons. The highest BCUT2D eigenvalue weighted by atomic mass is 32.1. The van der Waals surface area contributed by atoms with Crippen LogP contribution in [0.1, 0.15) is 23.5 Å². The van der Waals surface area contributed by atoms with E-state index in [2.05, 4.69) is 41.4 Å². The molecule has 0 fully saturated rings. The topological polar surface area (TPSA) is 42.1 Å². The van der Waals surface area contributed by atoms with Crippen LogP contribution in [0, 0.1) is 11.7 Å². The molecule has 5 heteroatoms. The number of rotatable bonds is 6. The van der Waals surface area contributed by atoms with Crippen molar-refractivity contribution in [1.29, 1.82) is 0 Å². The van der Waals surface area contributed by atoms with Crippen molar-refractivity contribution in [3.05, 3.63) is 52.2 Å². The molecular weight excluding hydrogens is 273 g/mol. The molecule has 2 atom stereocenters. The Morgan fingerprint density at radius 2 is 2.20 bits per heavy atom. The van der Waals surface area contributed by atoms with Gasteiger partial charge in [0.2, 0.25) is 0 Å². The van der Waals surface area contributed by atoms with Gasteiger partial charge in [-0.3, -0.25) is 4.98 Å². The molecule has 2 N–H and O–H groups in total. The van der Waals surface area contributed by atoms with Crippen LogP contribution in [-0.4, -0.2) is 23.5 Å². The molecule has 2 heterocycles. The zero-order valence-corrected chi connectivity index (χ0v) is 12.6. The van der Waals surface area contributed by atoms with Crippen LogP contribution in [0.5, 0.6) is 0 Å². The van der Waals surface area contributed by atoms with E-state index in [0.717, 1.165) is 18.8 Å². The fourth-order valence-electron chi connectivity index (χ4n) is 2.21. The Morgan fingerprint density at radius 3 is 2.80 bits per heavy atom. The maximum atomic E-state index is 12.9. The number of halogens is 1. The van der Waals surface area contributed by atoms with Gasteiger partial charge in [0, 0.05) is 18.0 Å². The number of thiophene rings is 1. The lowest BCUT2D eigenvalue weighted by molar-refractivity contribution is 0.258. The smallest absolute Gasteiger partial charge is 0.141 e. The molecule has 0 saturated carbocycles. The Bertz CT molecular complexity index is 512. The summed E-state index contributed by atoms with van der Waals surface area (Å²) in [6.07, 6.45) is 1.22. The molecule has 0 aromatic carbocycles. The van der Waals surface area contributed by atoms with Crippen molar-refractivity contribution in [2.75, 3.05) is 13.6 Å². The van der Waals surface area contributed by atoms with Crippen LogP contribution < -0.4 is 5.73 Å². The lowest BCUT2D eigenvalue weighted by atomic mass is 9.99. The Hall–Kier alpha value is -1.30. The third kappa shape index (κ3) is 4.10. The summed E-state index contributed by atoms with van der Waals surface area (Å²) >= 11 is 1.76. The second-order valence-electron chi connectivity index (χ2n) is 5.18. The van der Waals surface area contributed by atoms with E-state index in [-0.39, 0.29) is 17.8 Å². The van der Waals surface area contributed by atoms with Gasteiger partial charge in [0.25, 0.3) is 0 Å². The Morgan fingerprint density at radius 1 is 1.40 bits per heavy atom. The monoisotopic (exact) mass is 293 g/mol. The number of hydrogen-bond acceptors (Lipinski definition) is 4. The molecule has 2 unspecified atom stereocenters. The summed E-state index contributed by atoms with van der Waals surface area (Å²) in [6, 6.07) is 7.08. The molecule has 0 aliphatic heterocycles. The first-order valence-corrected chi connectivity index (χ1v) is 7.52. The molecule has 20 heavy (non-hydrogen) atoms. The predicted molar refractivity (Wildman–Crippen MR) is 80.9 cm³/mol. The first-order valence-electron chi connectivity index (χ1n) is 6.64. The van der Waals surface area contributed by atoms with Crippen molar-refractivity contribution in [1.82, 2.24) is 9.88 Å². The highest BCUT2D eigenvalue weighted by molar-refractivity contribution is 7.09. The third-order valence-electron chi connectivity index (χ3n) is 3.31. The van der Waals surface area contributed by atoms with Crippen LogP contribution in [0.25, 0.3) is 0 Å². The van der Waals surface area contributed by atoms with E-state index in [1.165, 1.54) is 17.1 Å². The van der Waals surface area contributed by atoms with E-state index in [4.69, 9.17) is 5.73 Å². The second-order valence-corrected chi connectivity index (χ2v) is 6.21. The van der Waals surface area contributed by atoms with Crippen molar-refractivity contribution in [3.63, 3.8) is 0 Å². The number of hydrogen-bond donors (Lipinski definition) is 1. The van der Waals surface area contributed by atoms with Crippen LogP contribution in [0.4, 0.5) is 4.39 Å². The Labute approximate surface area is 123 Å².